The summed E-state index contributed by atoms with van der Waals surface area (Å²) in [4.78, 5) is 29.8. The number of hydrogen-bond acceptors (Lipinski definition) is 4. The number of nitrogens with one attached hydrogen (secondary N) is 1. The molecule has 2 amide bonds. The summed E-state index contributed by atoms with van der Waals surface area (Å²) in [6, 6.07) is 3.03. The fourth-order valence-electron chi connectivity index (χ4n) is 2.18. The Balaban J connectivity index is 2.19. The van der Waals surface area contributed by atoms with Crippen molar-refractivity contribution in [3.63, 3.8) is 0 Å². The van der Waals surface area contributed by atoms with Gasteiger partial charge in [0, 0.05) is 25.8 Å². The molecule has 2 rings (SSSR count). The van der Waals surface area contributed by atoms with Crippen LogP contribution in [0.4, 0.5) is 0 Å². The van der Waals surface area contributed by atoms with E-state index in [4.69, 9.17) is 5.73 Å². The molecule has 0 aromatic carbocycles. The first-order valence-corrected chi connectivity index (χ1v) is 6.41. The molecule has 1 aromatic heterocycles. The normalized spacial score (nSPS) is 19.2. The molecule has 1 saturated heterocycles. The summed E-state index contributed by atoms with van der Waals surface area (Å²) in [5.41, 5.74) is 6.72. The number of hydrogen-bond donors (Lipinski definition) is 2. The van der Waals surface area contributed by atoms with Gasteiger partial charge in [0.25, 0.3) is 5.91 Å². The third-order valence-corrected chi connectivity index (χ3v) is 3.26. The van der Waals surface area contributed by atoms with Crippen molar-refractivity contribution in [3.05, 3.63) is 29.6 Å². The molecule has 0 bridgehead atoms. The lowest BCUT2D eigenvalue weighted by atomic mass is 10.1. The first-order valence-electron chi connectivity index (χ1n) is 6.41. The van der Waals surface area contributed by atoms with E-state index in [0.717, 1.165) is 5.56 Å². The van der Waals surface area contributed by atoms with Gasteiger partial charge in [0.1, 0.15) is 11.7 Å². The van der Waals surface area contributed by atoms with Crippen LogP contribution in [0, 0.1) is 0 Å². The van der Waals surface area contributed by atoms with Gasteiger partial charge >= 0.3 is 0 Å². The van der Waals surface area contributed by atoms with Crippen molar-refractivity contribution in [1.29, 1.82) is 0 Å². The highest BCUT2D eigenvalue weighted by atomic mass is 16.2. The Morgan fingerprint density at radius 3 is 2.95 bits per heavy atom. The van der Waals surface area contributed by atoms with Crippen molar-refractivity contribution in [1.82, 2.24) is 15.2 Å². The number of pyridine rings is 1. The van der Waals surface area contributed by atoms with E-state index in [1.54, 1.807) is 23.2 Å². The summed E-state index contributed by atoms with van der Waals surface area (Å²) in [6.45, 7) is 3.29. The van der Waals surface area contributed by atoms with Gasteiger partial charge in [-0.25, -0.2) is 0 Å². The third kappa shape index (κ3) is 2.73. The molecular weight excluding hydrogens is 244 g/mol. The molecule has 0 radical (unpaired) electrons. The average Bonchev–Trinajstić information content (AvgIpc) is 2.46. The Hall–Kier alpha value is -1.95. The van der Waals surface area contributed by atoms with Gasteiger partial charge in [-0.2, -0.15) is 0 Å². The lowest BCUT2D eigenvalue weighted by Crippen LogP contribution is -2.57. The zero-order valence-electron chi connectivity index (χ0n) is 10.9. The minimum atomic E-state index is -0.405. The van der Waals surface area contributed by atoms with Gasteiger partial charge in [-0.05, 0) is 18.1 Å². The van der Waals surface area contributed by atoms with E-state index in [2.05, 4.69) is 10.3 Å². The van der Waals surface area contributed by atoms with Crippen LogP contribution in [0.15, 0.2) is 18.3 Å². The van der Waals surface area contributed by atoms with E-state index in [-0.39, 0.29) is 11.8 Å². The van der Waals surface area contributed by atoms with Gasteiger partial charge in [-0.1, -0.05) is 13.0 Å². The molecule has 102 valence electrons. The number of carbonyl (C=O) groups is 2. The number of piperazine rings is 1. The number of nitrogens with two attached hydrogens (primary N) is 1. The summed E-state index contributed by atoms with van der Waals surface area (Å²) in [5.74, 6) is -0.300. The number of amides is 2. The Bertz CT molecular complexity index is 472. The van der Waals surface area contributed by atoms with Crippen molar-refractivity contribution in [2.75, 3.05) is 13.1 Å². The van der Waals surface area contributed by atoms with Crippen molar-refractivity contribution < 1.29 is 9.59 Å². The zero-order chi connectivity index (χ0) is 13.8. The predicted molar refractivity (Wildman–Crippen MR) is 70.3 cm³/mol. The fourth-order valence-corrected chi connectivity index (χ4v) is 2.18. The summed E-state index contributed by atoms with van der Waals surface area (Å²) in [7, 11) is 0. The molecule has 0 aliphatic carbocycles. The highest BCUT2D eigenvalue weighted by Gasteiger charge is 2.32. The van der Waals surface area contributed by atoms with Crippen LogP contribution in [0.25, 0.3) is 0 Å². The van der Waals surface area contributed by atoms with Gasteiger partial charge < -0.3 is 16.0 Å². The number of carbonyl (C=O) groups excluding carboxylic acids is 2. The summed E-state index contributed by atoms with van der Waals surface area (Å²) >= 11 is 0. The lowest BCUT2D eigenvalue weighted by Gasteiger charge is -2.34. The molecule has 0 spiro atoms. The molecule has 6 heteroatoms. The fraction of sp³-hybridized carbons (Fsp3) is 0.462. The van der Waals surface area contributed by atoms with E-state index < -0.39 is 6.04 Å². The Kier molecular flexibility index (Phi) is 4.11. The molecular formula is C13H18N4O2. The van der Waals surface area contributed by atoms with Crippen LogP contribution in [-0.2, 0) is 11.3 Å². The quantitative estimate of drug-likeness (QED) is 0.795. The zero-order valence-corrected chi connectivity index (χ0v) is 10.9. The summed E-state index contributed by atoms with van der Waals surface area (Å²) in [6.07, 6.45) is 2.19. The van der Waals surface area contributed by atoms with Crippen LogP contribution in [0.5, 0.6) is 0 Å². The number of rotatable bonds is 3. The topological polar surface area (TPSA) is 88.3 Å². The third-order valence-electron chi connectivity index (χ3n) is 3.26. The Morgan fingerprint density at radius 1 is 1.58 bits per heavy atom. The summed E-state index contributed by atoms with van der Waals surface area (Å²) < 4.78 is 0. The first kappa shape index (κ1) is 13.5. The molecule has 6 nitrogen and oxygen atoms in total. The highest BCUT2D eigenvalue weighted by molar-refractivity contribution is 5.96. The highest BCUT2D eigenvalue weighted by Crippen LogP contribution is 2.12. The van der Waals surface area contributed by atoms with Crippen LogP contribution < -0.4 is 11.1 Å². The molecule has 2 heterocycles. The lowest BCUT2D eigenvalue weighted by molar-refractivity contribution is -0.127. The standard InChI is InChI=1S/C13H18N4O2/c1-2-11-12(18)15-5-6-17(11)13(19)10-4-3-9(7-14)8-16-10/h3-4,8,11H,2,5-7,14H2,1H3,(H,15,18). The van der Waals surface area contributed by atoms with E-state index in [1.807, 2.05) is 6.92 Å². The second kappa shape index (κ2) is 5.79. The Morgan fingerprint density at radius 2 is 2.37 bits per heavy atom. The van der Waals surface area contributed by atoms with E-state index in [0.29, 0.717) is 31.7 Å². The molecule has 19 heavy (non-hydrogen) atoms. The predicted octanol–water partition coefficient (Wildman–Crippen LogP) is -0.109. The van der Waals surface area contributed by atoms with Crippen molar-refractivity contribution in [2.24, 2.45) is 5.73 Å². The second-order valence-corrected chi connectivity index (χ2v) is 4.47. The van der Waals surface area contributed by atoms with Crippen molar-refractivity contribution >= 4 is 11.8 Å². The maximum atomic E-state index is 12.4. The van der Waals surface area contributed by atoms with E-state index >= 15 is 0 Å². The van der Waals surface area contributed by atoms with Crippen LogP contribution in [0.1, 0.15) is 29.4 Å². The molecule has 0 saturated carbocycles. The maximum Gasteiger partial charge on any atom is 0.273 e. The second-order valence-electron chi connectivity index (χ2n) is 4.47. The molecule has 1 aliphatic heterocycles. The van der Waals surface area contributed by atoms with Crippen LogP contribution >= 0.6 is 0 Å². The monoisotopic (exact) mass is 262 g/mol. The van der Waals surface area contributed by atoms with Crippen LogP contribution in [0.3, 0.4) is 0 Å². The van der Waals surface area contributed by atoms with Crippen LogP contribution in [-0.4, -0.2) is 40.8 Å². The first-order chi connectivity index (χ1) is 9.17. The molecule has 1 fully saturated rings. The van der Waals surface area contributed by atoms with E-state index in [1.165, 1.54) is 0 Å². The van der Waals surface area contributed by atoms with Gasteiger partial charge in [-0.3, -0.25) is 14.6 Å². The Labute approximate surface area is 112 Å². The minimum absolute atomic E-state index is 0.0966. The van der Waals surface area contributed by atoms with E-state index in [9.17, 15) is 9.59 Å². The van der Waals surface area contributed by atoms with Crippen molar-refractivity contribution in [3.8, 4) is 0 Å². The molecule has 1 atom stereocenters. The molecule has 1 aliphatic rings. The number of aromatic nitrogens is 1. The van der Waals surface area contributed by atoms with Gasteiger partial charge in [0.2, 0.25) is 5.91 Å². The van der Waals surface area contributed by atoms with Crippen LogP contribution in [0.2, 0.25) is 0 Å². The molecule has 3 N–H and O–H groups in total. The van der Waals surface area contributed by atoms with Gasteiger partial charge in [0.05, 0.1) is 0 Å². The van der Waals surface area contributed by atoms with Crippen molar-refractivity contribution in [2.45, 2.75) is 25.9 Å². The molecule has 1 unspecified atom stereocenters. The smallest absolute Gasteiger partial charge is 0.273 e. The molecule has 1 aromatic rings. The minimum Gasteiger partial charge on any atom is -0.353 e. The summed E-state index contributed by atoms with van der Waals surface area (Å²) in [5, 5.41) is 2.77. The van der Waals surface area contributed by atoms with Gasteiger partial charge in [0.15, 0.2) is 0 Å². The number of nitrogens with zero attached hydrogens (tertiary/aromatic N) is 2. The largest absolute Gasteiger partial charge is 0.353 e. The average molecular weight is 262 g/mol. The SMILES string of the molecule is CCC1C(=O)NCCN1C(=O)c1ccc(CN)cn1. The van der Waals surface area contributed by atoms with Gasteiger partial charge in [-0.15, -0.1) is 0 Å². The maximum absolute atomic E-state index is 12.4.